The van der Waals surface area contributed by atoms with Gasteiger partial charge < -0.3 is 9.47 Å². The highest BCUT2D eigenvalue weighted by molar-refractivity contribution is 9.10. The number of fused-ring (bicyclic) bond motifs is 1. The van der Waals surface area contributed by atoms with Gasteiger partial charge in [0.15, 0.2) is 11.0 Å². The predicted molar refractivity (Wildman–Crippen MR) is 112 cm³/mol. The van der Waals surface area contributed by atoms with Crippen molar-refractivity contribution in [1.29, 1.82) is 0 Å². The quantitative estimate of drug-likeness (QED) is 0.558. The molecule has 2 aromatic heterocycles. The highest BCUT2D eigenvalue weighted by Gasteiger charge is 2.30. The van der Waals surface area contributed by atoms with Crippen LogP contribution in [0.3, 0.4) is 0 Å². The van der Waals surface area contributed by atoms with E-state index in [1.54, 1.807) is 11.8 Å². The molecule has 3 aromatic rings. The standard InChI is InChI=1S/C19H21BrN6OS/c1-4-26-17(21-22-19(26)28-3)16-14-11-25(10-9-15(14)24(2)23-16)18(27)12-5-7-13(20)8-6-12/h5-8H,4,9-11H2,1-3H3. The van der Waals surface area contributed by atoms with Crippen LogP contribution < -0.4 is 0 Å². The zero-order chi connectivity index (χ0) is 19.8. The third kappa shape index (κ3) is 3.26. The molecular weight excluding hydrogens is 440 g/mol. The number of aromatic nitrogens is 5. The van der Waals surface area contributed by atoms with Crippen molar-refractivity contribution in [3.8, 4) is 11.5 Å². The monoisotopic (exact) mass is 460 g/mol. The third-order valence-electron chi connectivity index (χ3n) is 5.05. The van der Waals surface area contributed by atoms with Crippen LogP contribution in [0.4, 0.5) is 0 Å². The molecule has 28 heavy (non-hydrogen) atoms. The van der Waals surface area contributed by atoms with Gasteiger partial charge in [0, 0.05) is 47.9 Å². The van der Waals surface area contributed by atoms with Crippen molar-refractivity contribution < 1.29 is 4.79 Å². The molecule has 4 rings (SSSR count). The molecule has 1 amide bonds. The molecule has 1 aliphatic rings. The summed E-state index contributed by atoms with van der Waals surface area (Å²) in [6.07, 6.45) is 2.77. The van der Waals surface area contributed by atoms with E-state index in [1.165, 1.54) is 0 Å². The number of halogens is 1. The Labute approximate surface area is 176 Å². The van der Waals surface area contributed by atoms with Crippen molar-refractivity contribution >= 4 is 33.6 Å². The largest absolute Gasteiger partial charge is 0.334 e. The summed E-state index contributed by atoms with van der Waals surface area (Å²) in [6.45, 7) is 4.05. The number of carbonyl (C=O) groups excluding carboxylic acids is 1. The van der Waals surface area contributed by atoms with Gasteiger partial charge in [-0.3, -0.25) is 9.48 Å². The normalized spacial score (nSPS) is 13.6. The number of hydrogen-bond donors (Lipinski definition) is 0. The Bertz CT molecular complexity index is 1030. The number of benzene rings is 1. The van der Waals surface area contributed by atoms with E-state index in [4.69, 9.17) is 5.10 Å². The van der Waals surface area contributed by atoms with Gasteiger partial charge >= 0.3 is 0 Å². The second kappa shape index (κ2) is 7.71. The molecule has 0 fully saturated rings. The van der Waals surface area contributed by atoms with Crippen molar-refractivity contribution in [2.75, 3.05) is 12.8 Å². The van der Waals surface area contributed by atoms with Crippen LogP contribution in [0.2, 0.25) is 0 Å². The average Bonchev–Trinajstić information content (AvgIpc) is 3.28. The summed E-state index contributed by atoms with van der Waals surface area (Å²) in [6, 6.07) is 7.49. The molecule has 9 heteroatoms. The first-order chi connectivity index (χ1) is 13.5. The summed E-state index contributed by atoms with van der Waals surface area (Å²) >= 11 is 4.99. The first kappa shape index (κ1) is 19.2. The van der Waals surface area contributed by atoms with Gasteiger partial charge in [-0.05, 0) is 37.4 Å². The minimum atomic E-state index is 0.0368. The van der Waals surface area contributed by atoms with Crippen molar-refractivity contribution in [1.82, 2.24) is 29.4 Å². The lowest BCUT2D eigenvalue weighted by Crippen LogP contribution is -2.36. The van der Waals surface area contributed by atoms with E-state index >= 15 is 0 Å². The van der Waals surface area contributed by atoms with Crippen LogP contribution in [0, 0.1) is 0 Å². The highest BCUT2D eigenvalue weighted by Crippen LogP contribution is 2.31. The maximum Gasteiger partial charge on any atom is 0.254 e. The summed E-state index contributed by atoms with van der Waals surface area (Å²) in [5.74, 6) is 0.802. The molecule has 1 aromatic carbocycles. The smallest absolute Gasteiger partial charge is 0.254 e. The molecule has 0 saturated heterocycles. The number of rotatable bonds is 4. The van der Waals surface area contributed by atoms with Gasteiger partial charge in [-0.25, -0.2) is 0 Å². The average molecular weight is 461 g/mol. The van der Waals surface area contributed by atoms with E-state index in [-0.39, 0.29) is 5.91 Å². The fraction of sp³-hybridized carbons (Fsp3) is 0.368. The number of carbonyl (C=O) groups is 1. The maximum atomic E-state index is 13.0. The van der Waals surface area contributed by atoms with E-state index in [9.17, 15) is 4.79 Å². The molecule has 3 heterocycles. The lowest BCUT2D eigenvalue weighted by atomic mass is 10.0. The lowest BCUT2D eigenvalue weighted by Gasteiger charge is -2.27. The van der Waals surface area contributed by atoms with Gasteiger partial charge in [-0.15, -0.1) is 10.2 Å². The minimum Gasteiger partial charge on any atom is -0.334 e. The third-order valence-corrected chi connectivity index (χ3v) is 6.24. The van der Waals surface area contributed by atoms with Crippen molar-refractivity contribution in [3.05, 3.63) is 45.6 Å². The Morgan fingerprint density at radius 1 is 1.25 bits per heavy atom. The van der Waals surface area contributed by atoms with Crippen LogP contribution in [0.25, 0.3) is 11.5 Å². The number of aryl methyl sites for hydroxylation is 1. The predicted octanol–water partition coefficient (Wildman–Crippen LogP) is 3.38. The van der Waals surface area contributed by atoms with Crippen LogP contribution in [0.1, 0.15) is 28.5 Å². The summed E-state index contributed by atoms with van der Waals surface area (Å²) in [5.41, 5.74) is 3.74. The second-order valence-electron chi connectivity index (χ2n) is 6.64. The lowest BCUT2D eigenvalue weighted by molar-refractivity contribution is 0.0733. The molecule has 0 unspecified atom stereocenters. The Morgan fingerprint density at radius 2 is 2.00 bits per heavy atom. The Hall–Kier alpha value is -2.13. The highest BCUT2D eigenvalue weighted by atomic mass is 79.9. The zero-order valence-corrected chi connectivity index (χ0v) is 18.4. The van der Waals surface area contributed by atoms with Gasteiger partial charge in [0.05, 0.1) is 6.54 Å². The first-order valence-electron chi connectivity index (χ1n) is 9.10. The van der Waals surface area contributed by atoms with Gasteiger partial charge in [-0.2, -0.15) is 5.10 Å². The van der Waals surface area contributed by atoms with Crippen LogP contribution in [0.5, 0.6) is 0 Å². The SMILES string of the molecule is CCn1c(SC)nnc1-c1nn(C)c2c1CN(C(=O)c1ccc(Br)cc1)CC2. The van der Waals surface area contributed by atoms with Crippen molar-refractivity contribution in [2.24, 2.45) is 7.05 Å². The first-order valence-corrected chi connectivity index (χ1v) is 11.1. The Balaban J connectivity index is 1.70. The molecular formula is C19H21BrN6OS. The van der Waals surface area contributed by atoms with E-state index in [2.05, 4.69) is 37.6 Å². The fourth-order valence-corrected chi connectivity index (χ4v) is 4.44. The number of thioether (sulfide) groups is 1. The maximum absolute atomic E-state index is 13.0. The van der Waals surface area contributed by atoms with E-state index in [0.717, 1.165) is 45.4 Å². The fourth-order valence-electron chi connectivity index (χ4n) is 3.62. The summed E-state index contributed by atoms with van der Waals surface area (Å²) < 4.78 is 4.95. The molecule has 0 spiro atoms. The summed E-state index contributed by atoms with van der Waals surface area (Å²) in [7, 11) is 1.96. The van der Waals surface area contributed by atoms with E-state index in [0.29, 0.717) is 18.7 Å². The molecule has 1 aliphatic heterocycles. The number of hydrogen-bond acceptors (Lipinski definition) is 5. The molecule has 0 aliphatic carbocycles. The Morgan fingerprint density at radius 3 is 2.68 bits per heavy atom. The molecule has 0 radical (unpaired) electrons. The van der Waals surface area contributed by atoms with Crippen molar-refractivity contribution in [3.63, 3.8) is 0 Å². The second-order valence-corrected chi connectivity index (χ2v) is 8.32. The molecule has 0 saturated carbocycles. The number of amides is 1. The van der Waals surface area contributed by atoms with E-state index in [1.807, 2.05) is 47.2 Å². The molecule has 0 N–H and O–H groups in total. The summed E-state index contributed by atoms with van der Waals surface area (Å²) in [5, 5.41) is 14.3. The minimum absolute atomic E-state index is 0.0368. The van der Waals surface area contributed by atoms with E-state index < -0.39 is 0 Å². The Kier molecular flexibility index (Phi) is 5.29. The van der Waals surface area contributed by atoms with Crippen LogP contribution in [-0.2, 0) is 26.6 Å². The van der Waals surface area contributed by atoms with Gasteiger partial charge in [0.2, 0.25) is 0 Å². The number of nitrogens with zero attached hydrogens (tertiary/aromatic N) is 6. The molecule has 146 valence electrons. The van der Waals surface area contributed by atoms with Gasteiger partial charge in [-0.1, -0.05) is 27.7 Å². The molecule has 7 nitrogen and oxygen atoms in total. The van der Waals surface area contributed by atoms with Crippen LogP contribution >= 0.6 is 27.7 Å². The van der Waals surface area contributed by atoms with Gasteiger partial charge in [0.25, 0.3) is 5.91 Å². The topological polar surface area (TPSA) is 68.8 Å². The van der Waals surface area contributed by atoms with Gasteiger partial charge in [0.1, 0.15) is 5.69 Å². The summed E-state index contributed by atoms with van der Waals surface area (Å²) in [4.78, 5) is 14.9. The van der Waals surface area contributed by atoms with Crippen molar-refractivity contribution in [2.45, 2.75) is 31.6 Å². The molecule has 0 bridgehead atoms. The van der Waals surface area contributed by atoms with Crippen LogP contribution in [-0.4, -0.2) is 48.2 Å². The molecule has 0 atom stereocenters. The zero-order valence-electron chi connectivity index (χ0n) is 16.0. The van der Waals surface area contributed by atoms with Crippen LogP contribution in [0.15, 0.2) is 33.9 Å².